The van der Waals surface area contributed by atoms with Crippen molar-refractivity contribution in [1.82, 2.24) is 0 Å². The van der Waals surface area contributed by atoms with Crippen molar-refractivity contribution in [1.29, 1.82) is 0 Å². The molecule has 0 bridgehead atoms. The van der Waals surface area contributed by atoms with Crippen LogP contribution in [-0.2, 0) is 9.59 Å². The molecule has 0 aromatic rings. The van der Waals surface area contributed by atoms with Crippen LogP contribution >= 0.6 is 0 Å². The van der Waals surface area contributed by atoms with Crippen LogP contribution in [0.4, 0.5) is 0 Å². The number of carbonyl (C=O) groups excluding carboxylic acids is 2. The Hall–Kier alpha value is -1.06. The summed E-state index contributed by atoms with van der Waals surface area (Å²) in [5.74, 6) is -1.30. The summed E-state index contributed by atoms with van der Waals surface area (Å²) >= 11 is 0. The van der Waals surface area contributed by atoms with E-state index in [1.807, 2.05) is 0 Å². The Morgan fingerprint density at radius 3 is 2.27 bits per heavy atom. The normalized spacial score (nSPS) is 12.2. The van der Waals surface area contributed by atoms with Gasteiger partial charge in [0.2, 0.25) is 0 Å². The van der Waals surface area contributed by atoms with E-state index in [1.165, 1.54) is 6.92 Å². The zero-order valence-electron chi connectivity index (χ0n) is 6.66. The molecule has 0 saturated heterocycles. The number of ketones is 2. The zero-order valence-corrected chi connectivity index (χ0v) is 6.66. The van der Waals surface area contributed by atoms with Crippen molar-refractivity contribution in [3.05, 3.63) is 4.91 Å². The molecule has 0 radical (unpaired) electrons. The molecule has 0 aliphatic rings. The first kappa shape index (κ1) is 9.94. The van der Waals surface area contributed by atoms with Gasteiger partial charge >= 0.3 is 0 Å². The third-order valence-corrected chi connectivity index (χ3v) is 1.48. The predicted molar refractivity (Wildman–Crippen MR) is 40.1 cm³/mol. The Morgan fingerprint density at radius 2 is 2.00 bits per heavy atom. The Morgan fingerprint density at radius 1 is 1.45 bits per heavy atom. The molecule has 4 nitrogen and oxygen atoms in total. The largest absolute Gasteiger partial charge is 0.299 e. The second-order valence-electron chi connectivity index (χ2n) is 2.29. The molecule has 0 spiro atoms. The van der Waals surface area contributed by atoms with E-state index in [1.54, 1.807) is 6.92 Å². The van der Waals surface area contributed by atoms with Crippen LogP contribution in [0.2, 0.25) is 0 Å². The lowest BCUT2D eigenvalue weighted by atomic mass is 9.98. The van der Waals surface area contributed by atoms with E-state index in [9.17, 15) is 14.5 Å². The monoisotopic (exact) mass is 157 g/mol. The van der Waals surface area contributed by atoms with Crippen molar-refractivity contribution >= 4 is 11.6 Å². The summed E-state index contributed by atoms with van der Waals surface area (Å²) in [6.07, 6.45) is 0.278. The van der Waals surface area contributed by atoms with E-state index in [0.717, 1.165) is 0 Å². The van der Waals surface area contributed by atoms with Crippen molar-refractivity contribution in [3.63, 3.8) is 0 Å². The average Bonchev–Trinajstić information content (AvgIpc) is 1.98. The van der Waals surface area contributed by atoms with Crippen LogP contribution in [0.15, 0.2) is 5.18 Å². The number of nitrogens with zero attached hydrogens (tertiary/aromatic N) is 1. The molecule has 0 N–H and O–H groups in total. The molecule has 0 heterocycles. The van der Waals surface area contributed by atoms with Gasteiger partial charge in [-0.05, 0) is 6.92 Å². The van der Waals surface area contributed by atoms with Crippen LogP contribution in [-0.4, -0.2) is 18.1 Å². The molecule has 0 saturated carbocycles. The number of rotatable bonds is 5. The van der Waals surface area contributed by atoms with Gasteiger partial charge in [-0.3, -0.25) is 9.59 Å². The van der Waals surface area contributed by atoms with Gasteiger partial charge in [0.15, 0.2) is 0 Å². The highest BCUT2D eigenvalue weighted by Crippen LogP contribution is 2.03. The lowest BCUT2D eigenvalue weighted by Crippen LogP contribution is -2.23. The third-order valence-electron chi connectivity index (χ3n) is 1.48. The Balaban J connectivity index is 4.20. The van der Waals surface area contributed by atoms with Gasteiger partial charge in [0.1, 0.15) is 11.6 Å². The standard InChI is InChI=1S/C7H11NO3/c1-3-7(10)6(4-8-11)5(2)9/h6H,3-4H2,1-2H3. The lowest BCUT2D eigenvalue weighted by molar-refractivity contribution is -0.130. The van der Waals surface area contributed by atoms with Crippen LogP contribution in [0.1, 0.15) is 20.3 Å². The Labute approximate surface area is 64.9 Å². The molecule has 0 aliphatic heterocycles. The summed E-state index contributed by atoms with van der Waals surface area (Å²) < 4.78 is 0. The van der Waals surface area contributed by atoms with Crippen molar-refractivity contribution in [2.75, 3.05) is 6.54 Å². The summed E-state index contributed by atoms with van der Waals surface area (Å²) in [6, 6.07) is 0. The topological polar surface area (TPSA) is 63.6 Å². The molecular formula is C7H11NO3. The third kappa shape index (κ3) is 3.02. The molecule has 4 heteroatoms. The summed E-state index contributed by atoms with van der Waals surface area (Å²) in [6.45, 7) is 2.73. The molecule has 0 rings (SSSR count). The SMILES string of the molecule is CCC(=O)C(CN=O)C(C)=O. The van der Waals surface area contributed by atoms with Crippen molar-refractivity contribution in [3.8, 4) is 0 Å². The van der Waals surface area contributed by atoms with Crippen LogP contribution < -0.4 is 0 Å². The molecule has 11 heavy (non-hydrogen) atoms. The van der Waals surface area contributed by atoms with Crippen LogP contribution in [0.25, 0.3) is 0 Å². The maximum Gasteiger partial charge on any atom is 0.145 e. The minimum absolute atomic E-state index is 0.211. The van der Waals surface area contributed by atoms with Crippen LogP contribution in [0, 0.1) is 10.8 Å². The maximum atomic E-state index is 10.9. The molecule has 0 aliphatic carbocycles. The first-order valence-corrected chi connectivity index (χ1v) is 3.45. The van der Waals surface area contributed by atoms with Crippen LogP contribution in [0.3, 0.4) is 0 Å². The number of Topliss-reactive ketones (excluding diaryl/α,β-unsaturated/α-hetero) is 2. The van der Waals surface area contributed by atoms with Gasteiger partial charge < -0.3 is 0 Å². The molecule has 0 aromatic carbocycles. The quantitative estimate of drug-likeness (QED) is 0.440. The van der Waals surface area contributed by atoms with E-state index in [-0.39, 0.29) is 24.5 Å². The highest BCUT2D eigenvalue weighted by Gasteiger charge is 2.21. The van der Waals surface area contributed by atoms with E-state index in [0.29, 0.717) is 0 Å². The summed E-state index contributed by atoms with van der Waals surface area (Å²) in [5.41, 5.74) is 0. The summed E-state index contributed by atoms with van der Waals surface area (Å²) in [4.78, 5) is 31.4. The average molecular weight is 157 g/mol. The maximum absolute atomic E-state index is 10.9. The first-order chi connectivity index (χ1) is 5.13. The fourth-order valence-electron chi connectivity index (χ4n) is 0.778. The number of hydrogen-bond donors (Lipinski definition) is 0. The summed E-state index contributed by atoms with van der Waals surface area (Å²) in [7, 11) is 0. The Bertz CT molecular complexity index is 177. The van der Waals surface area contributed by atoms with Gasteiger partial charge in [0, 0.05) is 6.42 Å². The van der Waals surface area contributed by atoms with Gasteiger partial charge in [-0.2, -0.15) is 4.91 Å². The Kier molecular flexibility index (Phi) is 4.26. The van der Waals surface area contributed by atoms with E-state index in [2.05, 4.69) is 5.18 Å². The number of hydrogen-bond acceptors (Lipinski definition) is 4. The van der Waals surface area contributed by atoms with Gasteiger partial charge in [-0.15, -0.1) is 0 Å². The molecule has 0 fully saturated rings. The number of nitroso groups, excluding NO2 is 1. The predicted octanol–water partition coefficient (Wildman–Crippen LogP) is 0.937. The lowest BCUT2D eigenvalue weighted by Gasteiger charge is -2.04. The van der Waals surface area contributed by atoms with Gasteiger partial charge in [-0.1, -0.05) is 12.1 Å². The van der Waals surface area contributed by atoms with E-state index in [4.69, 9.17) is 0 Å². The first-order valence-electron chi connectivity index (χ1n) is 3.45. The van der Waals surface area contributed by atoms with Gasteiger partial charge in [-0.25, -0.2) is 0 Å². The fourth-order valence-corrected chi connectivity index (χ4v) is 0.778. The number of carbonyl (C=O) groups is 2. The van der Waals surface area contributed by atoms with E-state index < -0.39 is 5.92 Å². The van der Waals surface area contributed by atoms with Crippen molar-refractivity contribution < 1.29 is 9.59 Å². The molecular weight excluding hydrogens is 146 g/mol. The van der Waals surface area contributed by atoms with E-state index >= 15 is 0 Å². The molecule has 1 unspecified atom stereocenters. The summed E-state index contributed by atoms with van der Waals surface area (Å²) in [5, 5.41) is 2.53. The van der Waals surface area contributed by atoms with Gasteiger partial charge in [0.25, 0.3) is 0 Å². The zero-order chi connectivity index (χ0) is 8.85. The van der Waals surface area contributed by atoms with Crippen LogP contribution in [0.5, 0.6) is 0 Å². The highest BCUT2D eigenvalue weighted by atomic mass is 16.3. The molecule has 62 valence electrons. The second kappa shape index (κ2) is 4.71. The van der Waals surface area contributed by atoms with Gasteiger partial charge in [0.05, 0.1) is 12.5 Å². The molecule has 0 aromatic heterocycles. The van der Waals surface area contributed by atoms with Crippen molar-refractivity contribution in [2.24, 2.45) is 11.1 Å². The molecule has 1 atom stereocenters. The minimum atomic E-state index is -0.808. The van der Waals surface area contributed by atoms with Crippen molar-refractivity contribution in [2.45, 2.75) is 20.3 Å². The minimum Gasteiger partial charge on any atom is -0.299 e. The fraction of sp³-hybridized carbons (Fsp3) is 0.714. The second-order valence-corrected chi connectivity index (χ2v) is 2.29. The molecule has 0 amide bonds. The highest BCUT2D eigenvalue weighted by molar-refractivity contribution is 6.01. The smallest absolute Gasteiger partial charge is 0.145 e.